The zero-order valence-corrected chi connectivity index (χ0v) is 10.9. The van der Waals surface area contributed by atoms with Crippen LogP contribution in [0.4, 0.5) is 0 Å². The topological polar surface area (TPSA) is 103 Å². The maximum Gasteiger partial charge on any atom is 0.291 e. The first kappa shape index (κ1) is 14.6. The van der Waals surface area contributed by atoms with Gasteiger partial charge in [0.15, 0.2) is 0 Å². The van der Waals surface area contributed by atoms with Crippen molar-refractivity contribution in [2.24, 2.45) is 0 Å². The number of carbonyl (C=O) groups excluding carboxylic acids is 1. The van der Waals surface area contributed by atoms with Gasteiger partial charge < -0.3 is 15.7 Å². The summed E-state index contributed by atoms with van der Waals surface area (Å²) in [4.78, 5) is 15.7. The summed E-state index contributed by atoms with van der Waals surface area (Å²) in [5, 5.41) is 21.3. The van der Waals surface area contributed by atoms with E-state index in [2.05, 4.69) is 25.8 Å². The van der Waals surface area contributed by atoms with Crippen molar-refractivity contribution in [3.05, 3.63) is 11.6 Å². The number of nitrogens with one attached hydrogen (secondary N) is 3. The number of hydrogen-bond acceptors (Lipinski definition) is 5. The van der Waals surface area contributed by atoms with Crippen LogP contribution < -0.4 is 10.6 Å². The van der Waals surface area contributed by atoms with Crippen LogP contribution in [-0.2, 0) is 6.42 Å². The van der Waals surface area contributed by atoms with Gasteiger partial charge in [0, 0.05) is 26.1 Å². The largest absolute Gasteiger partial charge is 0.392 e. The van der Waals surface area contributed by atoms with Crippen molar-refractivity contribution in [2.45, 2.75) is 32.8 Å². The van der Waals surface area contributed by atoms with Crippen molar-refractivity contribution in [2.75, 3.05) is 19.6 Å². The van der Waals surface area contributed by atoms with E-state index in [1.807, 2.05) is 6.92 Å². The monoisotopic (exact) mass is 255 g/mol. The molecule has 0 aliphatic rings. The summed E-state index contributed by atoms with van der Waals surface area (Å²) in [5.41, 5.74) is 0. The Morgan fingerprint density at radius 2 is 2.28 bits per heavy atom. The summed E-state index contributed by atoms with van der Waals surface area (Å²) in [5.74, 6) is 0.622. The van der Waals surface area contributed by atoms with Gasteiger partial charge in [-0.05, 0) is 13.3 Å². The first-order valence-electron chi connectivity index (χ1n) is 6.21. The van der Waals surface area contributed by atoms with E-state index in [0.717, 1.165) is 18.7 Å². The molecule has 7 nitrogen and oxygen atoms in total. The molecule has 0 aliphatic heterocycles. The Balaban J connectivity index is 2.23. The van der Waals surface area contributed by atoms with Crippen LogP contribution in [0, 0.1) is 0 Å². The van der Waals surface area contributed by atoms with Gasteiger partial charge in [-0.3, -0.25) is 9.89 Å². The molecule has 1 aromatic rings. The number of nitrogens with zero attached hydrogens (tertiary/aromatic N) is 2. The van der Waals surface area contributed by atoms with E-state index in [1.165, 1.54) is 0 Å². The lowest BCUT2D eigenvalue weighted by Crippen LogP contribution is -2.34. The Bertz CT molecular complexity index is 364. The maximum absolute atomic E-state index is 11.6. The molecule has 102 valence electrons. The van der Waals surface area contributed by atoms with Crippen molar-refractivity contribution in [3.63, 3.8) is 0 Å². The number of aromatic amines is 1. The predicted molar refractivity (Wildman–Crippen MR) is 67.3 cm³/mol. The number of aromatic nitrogens is 3. The molecule has 0 bridgehead atoms. The highest BCUT2D eigenvalue weighted by Crippen LogP contribution is 1.96. The minimum atomic E-state index is -0.384. The Morgan fingerprint density at radius 3 is 2.94 bits per heavy atom. The van der Waals surface area contributed by atoms with Gasteiger partial charge in [-0.15, -0.1) is 5.10 Å². The summed E-state index contributed by atoms with van der Waals surface area (Å²) in [6.45, 7) is 5.33. The summed E-state index contributed by atoms with van der Waals surface area (Å²) in [6.07, 6.45) is 1.36. The maximum atomic E-state index is 11.6. The normalized spacial score (nSPS) is 12.4. The molecular weight excluding hydrogens is 234 g/mol. The van der Waals surface area contributed by atoms with E-state index in [-0.39, 0.29) is 17.8 Å². The molecule has 18 heavy (non-hydrogen) atoms. The van der Waals surface area contributed by atoms with Gasteiger partial charge in [-0.25, -0.2) is 4.98 Å². The highest BCUT2D eigenvalue weighted by atomic mass is 16.3. The number of aliphatic hydroxyl groups excluding tert-OH is 1. The van der Waals surface area contributed by atoms with Crippen molar-refractivity contribution in [1.29, 1.82) is 0 Å². The SMILES string of the molecule is CCCc1nc(C(=O)NCCNCC(C)O)n[nH]1. The highest BCUT2D eigenvalue weighted by molar-refractivity contribution is 5.90. The second-order valence-electron chi connectivity index (χ2n) is 4.16. The molecule has 4 N–H and O–H groups in total. The zero-order chi connectivity index (χ0) is 13.4. The van der Waals surface area contributed by atoms with Crippen LogP contribution in [0.2, 0.25) is 0 Å². The highest BCUT2D eigenvalue weighted by Gasteiger charge is 2.11. The first-order valence-corrected chi connectivity index (χ1v) is 6.21. The predicted octanol–water partition coefficient (Wildman–Crippen LogP) is -0.543. The summed E-state index contributed by atoms with van der Waals surface area (Å²) >= 11 is 0. The van der Waals surface area contributed by atoms with Crippen LogP contribution in [-0.4, -0.2) is 51.9 Å². The molecule has 0 fully saturated rings. The third kappa shape index (κ3) is 5.24. The van der Waals surface area contributed by atoms with Gasteiger partial charge in [-0.2, -0.15) is 0 Å². The van der Waals surface area contributed by atoms with Crippen LogP contribution in [0.25, 0.3) is 0 Å². The lowest BCUT2D eigenvalue weighted by atomic mass is 10.3. The van der Waals surface area contributed by atoms with Gasteiger partial charge in [0.05, 0.1) is 6.10 Å². The van der Waals surface area contributed by atoms with Crippen LogP contribution in [0.1, 0.15) is 36.7 Å². The first-order chi connectivity index (χ1) is 8.63. The number of carbonyl (C=O) groups is 1. The van der Waals surface area contributed by atoms with Gasteiger partial charge in [0.2, 0.25) is 5.82 Å². The van der Waals surface area contributed by atoms with Crippen LogP contribution in [0.15, 0.2) is 0 Å². The average molecular weight is 255 g/mol. The van der Waals surface area contributed by atoms with Crippen molar-refractivity contribution >= 4 is 5.91 Å². The van der Waals surface area contributed by atoms with Crippen LogP contribution >= 0.6 is 0 Å². The lowest BCUT2D eigenvalue weighted by Gasteiger charge is -2.06. The molecule has 1 amide bonds. The number of amides is 1. The molecule has 1 heterocycles. The molecule has 1 aromatic heterocycles. The van der Waals surface area contributed by atoms with E-state index in [0.29, 0.717) is 19.6 Å². The molecule has 0 spiro atoms. The van der Waals surface area contributed by atoms with Crippen LogP contribution in [0.3, 0.4) is 0 Å². The van der Waals surface area contributed by atoms with Gasteiger partial charge in [-0.1, -0.05) is 6.92 Å². The number of aliphatic hydroxyl groups is 1. The molecule has 0 aromatic carbocycles. The van der Waals surface area contributed by atoms with Gasteiger partial charge >= 0.3 is 0 Å². The fraction of sp³-hybridized carbons (Fsp3) is 0.727. The van der Waals surface area contributed by atoms with Crippen molar-refractivity contribution in [3.8, 4) is 0 Å². The van der Waals surface area contributed by atoms with E-state index in [4.69, 9.17) is 5.11 Å². The quantitative estimate of drug-likeness (QED) is 0.467. The number of aryl methyl sites for hydroxylation is 1. The Hall–Kier alpha value is -1.47. The Kier molecular flexibility index (Phi) is 6.31. The summed E-state index contributed by atoms with van der Waals surface area (Å²) < 4.78 is 0. The Morgan fingerprint density at radius 1 is 1.50 bits per heavy atom. The standard InChI is InChI=1S/C11H21N5O2/c1-3-4-9-14-10(16-15-9)11(18)13-6-5-12-7-8(2)17/h8,12,17H,3-7H2,1-2H3,(H,13,18)(H,14,15,16). The number of rotatable bonds is 8. The van der Waals surface area contributed by atoms with E-state index < -0.39 is 0 Å². The minimum Gasteiger partial charge on any atom is -0.392 e. The van der Waals surface area contributed by atoms with E-state index in [9.17, 15) is 4.79 Å². The minimum absolute atomic E-state index is 0.175. The van der Waals surface area contributed by atoms with Gasteiger partial charge in [0.1, 0.15) is 5.82 Å². The fourth-order valence-electron chi connectivity index (χ4n) is 1.40. The molecule has 0 aliphatic carbocycles. The van der Waals surface area contributed by atoms with Gasteiger partial charge in [0.25, 0.3) is 5.91 Å². The smallest absolute Gasteiger partial charge is 0.291 e. The second kappa shape index (κ2) is 7.78. The van der Waals surface area contributed by atoms with E-state index >= 15 is 0 Å². The summed E-state index contributed by atoms with van der Waals surface area (Å²) in [6, 6.07) is 0. The number of H-pyrrole nitrogens is 1. The zero-order valence-electron chi connectivity index (χ0n) is 10.9. The molecule has 1 rings (SSSR count). The molecule has 1 unspecified atom stereocenters. The van der Waals surface area contributed by atoms with E-state index in [1.54, 1.807) is 6.92 Å². The molecular formula is C11H21N5O2. The Labute approximate surface area is 106 Å². The van der Waals surface area contributed by atoms with Crippen LogP contribution in [0.5, 0.6) is 0 Å². The second-order valence-corrected chi connectivity index (χ2v) is 4.16. The lowest BCUT2D eigenvalue weighted by molar-refractivity contribution is 0.0943. The molecule has 1 atom stereocenters. The molecule has 0 radical (unpaired) electrons. The molecule has 0 saturated heterocycles. The molecule has 7 heteroatoms. The third-order valence-electron chi connectivity index (χ3n) is 2.25. The molecule has 0 saturated carbocycles. The number of hydrogen-bond donors (Lipinski definition) is 4. The van der Waals surface area contributed by atoms with Crippen molar-refractivity contribution < 1.29 is 9.90 Å². The summed E-state index contributed by atoms with van der Waals surface area (Å²) in [7, 11) is 0. The average Bonchev–Trinajstić information content (AvgIpc) is 2.77. The van der Waals surface area contributed by atoms with Crippen molar-refractivity contribution in [1.82, 2.24) is 25.8 Å². The fourth-order valence-corrected chi connectivity index (χ4v) is 1.40. The third-order valence-corrected chi connectivity index (χ3v) is 2.25.